The molecule has 0 fully saturated rings. The molecule has 1 aliphatic heterocycles. The van der Waals surface area contributed by atoms with Crippen LogP contribution in [0.2, 0.25) is 0 Å². The number of carbonyl (C=O) groups is 2. The number of nitrogens with one attached hydrogen (secondary N) is 2. The molecular weight excluding hydrogens is 278 g/mol. The van der Waals surface area contributed by atoms with E-state index < -0.39 is 0 Å². The Morgan fingerprint density at radius 2 is 1.77 bits per heavy atom. The second-order valence-electron chi connectivity index (χ2n) is 7.09. The topological polar surface area (TPSA) is 61.4 Å². The predicted octanol–water partition coefficient (Wildman–Crippen LogP) is 2.68. The van der Waals surface area contributed by atoms with Crippen LogP contribution in [-0.2, 0) is 4.79 Å². The van der Waals surface area contributed by atoms with E-state index in [4.69, 9.17) is 0 Å². The predicted molar refractivity (Wildman–Crippen MR) is 89.7 cm³/mol. The van der Waals surface area contributed by atoms with Crippen molar-refractivity contribution in [2.24, 2.45) is 5.41 Å². The molecule has 2 N–H and O–H groups in total. The van der Waals surface area contributed by atoms with Crippen molar-refractivity contribution in [1.29, 1.82) is 0 Å². The van der Waals surface area contributed by atoms with Gasteiger partial charge in [0.2, 0.25) is 5.91 Å². The minimum Gasteiger partial charge on any atom is -0.338 e. The van der Waals surface area contributed by atoms with Gasteiger partial charge in [0.15, 0.2) is 0 Å². The minimum atomic E-state index is -0.0883. The standard InChI is InChI=1S/C17H31N3O2/c1-17(2,3)10-4-5-11-18-16(22)19-12-6-7-13-20-14-8-9-15(20)21/h8-9H,4-7,10-14H2,1-3H3,(H2,18,19,22). The van der Waals surface area contributed by atoms with Gasteiger partial charge in [-0.3, -0.25) is 4.79 Å². The number of nitrogens with zero attached hydrogens (tertiary/aromatic N) is 1. The molecular formula is C17H31N3O2. The Balaban J connectivity index is 1.90. The maximum absolute atomic E-state index is 11.6. The molecule has 22 heavy (non-hydrogen) atoms. The molecule has 0 bridgehead atoms. The molecule has 5 heteroatoms. The Morgan fingerprint density at radius 3 is 2.32 bits per heavy atom. The fourth-order valence-electron chi connectivity index (χ4n) is 2.35. The van der Waals surface area contributed by atoms with Crippen LogP contribution in [0, 0.1) is 5.41 Å². The van der Waals surface area contributed by atoms with E-state index >= 15 is 0 Å². The molecule has 0 saturated carbocycles. The molecule has 1 aliphatic rings. The third kappa shape index (κ3) is 8.70. The van der Waals surface area contributed by atoms with Crippen molar-refractivity contribution >= 4 is 11.9 Å². The van der Waals surface area contributed by atoms with Crippen LogP contribution in [0.1, 0.15) is 52.9 Å². The van der Waals surface area contributed by atoms with Gasteiger partial charge < -0.3 is 15.5 Å². The van der Waals surface area contributed by atoms with Crippen molar-refractivity contribution in [3.63, 3.8) is 0 Å². The molecule has 0 radical (unpaired) electrons. The molecule has 126 valence electrons. The first kappa shape index (κ1) is 18.5. The minimum absolute atomic E-state index is 0.0883. The van der Waals surface area contributed by atoms with Gasteiger partial charge in [0.1, 0.15) is 0 Å². The Kier molecular flexibility index (Phi) is 7.99. The summed E-state index contributed by atoms with van der Waals surface area (Å²) in [5.74, 6) is 0.0981. The lowest BCUT2D eigenvalue weighted by Gasteiger charge is -2.17. The maximum atomic E-state index is 11.6. The van der Waals surface area contributed by atoms with E-state index in [0.717, 1.165) is 45.3 Å². The molecule has 0 aromatic carbocycles. The van der Waals surface area contributed by atoms with Crippen molar-refractivity contribution in [2.45, 2.75) is 52.9 Å². The summed E-state index contributed by atoms with van der Waals surface area (Å²) in [4.78, 5) is 24.7. The summed E-state index contributed by atoms with van der Waals surface area (Å²) >= 11 is 0. The van der Waals surface area contributed by atoms with E-state index in [9.17, 15) is 9.59 Å². The Hall–Kier alpha value is -1.52. The van der Waals surface area contributed by atoms with Crippen molar-refractivity contribution in [1.82, 2.24) is 15.5 Å². The number of carbonyl (C=O) groups excluding carboxylic acids is 2. The molecule has 0 aromatic rings. The highest BCUT2D eigenvalue weighted by Gasteiger charge is 2.13. The SMILES string of the molecule is CC(C)(C)CCCCNC(=O)NCCCCN1CC=CC1=O. The van der Waals surface area contributed by atoms with Crippen LogP contribution in [0.25, 0.3) is 0 Å². The van der Waals surface area contributed by atoms with Crippen LogP contribution >= 0.6 is 0 Å². The highest BCUT2D eigenvalue weighted by atomic mass is 16.2. The Morgan fingerprint density at radius 1 is 1.14 bits per heavy atom. The highest BCUT2D eigenvalue weighted by Crippen LogP contribution is 2.21. The van der Waals surface area contributed by atoms with Crippen LogP contribution in [0.3, 0.4) is 0 Å². The lowest BCUT2D eigenvalue weighted by atomic mass is 9.90. The summed E-state index contributed by atoms with van der Waals surface area (Å²) in [6, 6.07) is -0.0883. The van der Waals surface area contributed by atoms with Crippen molar-refractivity contribution in [3.8, 4) is 0 Å². The van der Waals surface area contributed by atoms with E-state index in [1.54, 1.807) is 6.08 Å². The van der Waals surface area contributed by atoms with Gasteiger partial charge in [0.05, 0.1) is 0 Å². The van der Waals surface area contributed by atoms with E-state index in [0.29, 0.717) is 12.0 Å². The first-order chi connectivity index (χ1) is 10.4. The molecule has 0 aromatic heterocycles. The summed E-state index contributed by atoms with van der Waals surface area (Å²) in [7, 11) is 0. The second-order valence-corrected chi connectivity index (χ2v) is 7.09. The van der Waals surface area contributed by atoms with Crippen LogP contribution in [-0.4, -0.2) is 43.0 Å². The van der Waals surface area contributed by atoms with E-state index in [1.165, 1.54) is 6.42 Å². The van der Waals surface area contributed by atoms with Crippen LogP contribution in [0.15, 0.2) is 12.2 Å². The van der Waals surface area contributed by atoms with Crippen molar-refractivity contribution in [2.75, 3.05) is 26.2 Å². The maximum Gasteiger partial charge on any atom is 0.314 e. The first-order valence-corrected chi connectivity index (χ1v) is 8.36. The zero-order valence-electron chi connectivity index (χ0n) is 14.3. The molecule has 1 rings (SSSR count). The lowest BCUT2D eigenvalue weighted by molar-refractivity contribution is -0.124. The second kappa shape index (κ2) is 9.49. The van der Waals surface area contributed by atoms with Crippen molar-refractivity contribution in [3.05, 3.63) is 12.2 Å². The van der Waals surface area contributed by atoms with Gasteiger partial charge >= 0.3 is 6.03 Å². The average molecular weight is 309 g/mol. The van der Waals surface area contributed by atoms with E-state index in [1.807, 2.05) is 11.0 Å². The summed E-state index contributed by atoms with van der Waals surface area (Å²) in [6.45, 7) is 9.58. The number of hydrogen-bond acceptors (Lipinski definition) is 2. The van der Waals surface area contributed by atoms with E-state index in [2.05, 4.69) is 31.4 Å². The number of unbranched alkanes of at least 4 members (excludes halogenated alkanes) is 2. The Labute approximate surface area is 134 Å². The summed E-state index contributed by atoms with van der Waals surface area (Å²) < 4.78 is 0. The third-order valence-corrected chi connectivity index (χ3v) is 3.68. The normalized spacial score (nSPS) is 14.5. The van der Waals surface area contributed by atoms with Crippen LogP contribution in [0.4, 0.5) is 4.79 Å². The molecule has 0 atom stereocenters. The molecule has 0 spiro atoms. The lowest BCUT2D eigenvalue weighted by Crippen LogP contribution is -2.36. The number of urea groups is 1. The average Bonchev–Trinajstić information content (AvgIpc) is 2.82. The number of hydrogen-bond donors (Lipinski definition) is 2. The van der Waals surface area contributed by atoms with Gasteiger partial charge in [-0.15, -0.1) is 0 Å². The first-order valence-electron chi connectivity index (χ1n) is 8.36. The zero-order chi connectivity index (χ0) is 16.4. The van der Waals surface area contributed by atoms with Gasteiger partial charge in [-0.1, -0.05) is 33.3 Å². The monoisotopic (exact) mass is 309 g/mol. The Bertz CT molecular complexity index is 386. The molecule has 0 saturated heterocycles. The van der Waals surface area contributed by atoms with Crippen LogP contribution in [0.5, 0.6) is 0 Å². The fourth-order valence-corrected chi connectivity index (χ4v) is 2.35. The quantitative estimate of drug-likeness (QED) is 0.643. The fraction of sp³-hybridized carbons (Fsp3) is 0.765. The zero-order valence-corrected chi connectivity index (χ0v) is 14.3. The van der Waals surface area contributed by atoms with Crippen LogP contribution < -0.4 is 10.6 Å². The van der Waals surface area contributed by atoms with Gasteiger partial charge in [0, 0.05) is 32.3 Å². The number of rotatable bonds is 9. The summed E-state index contributed by atoms with van der Waals surface area (Å²) in [5.41, 5.74) is 0.370. The highest BCUT2D eigenvalue weighted by molar-refractivity contribution is 5.89. The summed E-state index contributed by atoms with van der Waals surface area (Å²) in [5, 5.41) is 5.74. The molecule has 0 aliphatic carbocycles. The van der Waals surface area contributed by atoms with Gasteiger partial charge in [-0.25, -0.2) is 4.79 Å². The van der Waals surface area contributed by atoms with Gasteiger partial charge in [-0.05, 0) is 31.1 Å². The van der Waals surface area contributed by atoms with Crippen molar-refractivity contribution < 1.29 is 9.59 Å². The smallest absolute Gasteiger partial charge is 0.314 e. The molecule has 3 amide bonds. The van der Waals surface area contributed by atoms with Gasteiger partial charge in [0.25, 0.3) is 0 Å². The summed E-state index contributed by atoms with van der Waals surface area (Å²) in [6.07, 6.45) is 8.65. The van der Waals surface area contributed by atoms with E-state index in [-0.39, 0.29) is 11.9 Å². The molecule has 5 nitrogen and oxygen atoms in total. The van der Waals surface area contributed by atoms with Gasteiger partial charge in [-0.2, -0.15) is 0 Å². The molecule has 0 unspecified atom stereocenters. The largest absolute Gasteiger partial charge is 0.338 e. The third-order valence-electron chi connectivity index (χ3n) is 3.68. The molecule has 1 heterocycles. The number of amides is 3.